The van der Waals surface area contributed by atoms with Gasteiger partial charge in [-0.25, -0.2) is 0 Å². The SMILES string of the molecule is CN(C)Cc1cccc(C(C)(C)C)c1[O][Al]([CH3])[O]c1c(CN(C)C)cccc1C(C)(C)C.[CH3][Al+][CH3]. The predicted octanol–water partition coefficient (Wildman–Crippen LogP) is 6.77. The molecule has 0 aliphatic heterocycles. The van der Waals surface area contributed by atoms with Gasteiger partial charge in [-0.3, -0.25) is 0 Å². The molecule has 0 bridgehead atoms. The fourth-order valence-electron chi connectivity index (χ4n) is 3.92. The Morgan fingerprint density at radius 2 is 1.00 bits per heavy atom. The van der Waals surface area contributed by atoms with E-state index in [-0.39, 0.29) is 10.8 Å². The number of nitrogens with zero attached hydrogens (tertiary/aromatic N) is 2. The first-order chi connectivity index (χ1) is 16.1. The Hall–Kier alpha value is -0.975. The van der Waals surface area contributed by atoms with Gasteiger partial charge in [0.1, 0.15) is 0 Å². The molecule has 2 aromatic carbocycles. The van der Waals surface area contributed by atoms with Gasteiger partial charge in [-0.15, -0.1) is 0 Å². The minimum absolute atomic E-state index is 0.00875. The third kappa shape index (κ3) is 10.5. The van der Waals surface area contributed by atoms with Crippen LogP contribution in [0.1, 0.15) is 63.8 Å². The first-order valence-electron chi connectivity index (χ1n) is 12.7. The summed E-state index contributed by atoms with van der Waals surface area (Å²) in [5.41, 5.74) is 4.87. The van der Waals surface area contributed by atoms with Crippen LogP contribution in [-0.2, 0) is 23.9 Å². The average Bonchev–Trinajstić information content (AvgIpc) is 2.68. The molecule has 0 aliphatic rings. The van der Waals surface area contributed by atoms with E-state index in [1.165, 1.54) is 22.3 Å². The Morgan fingerprint density at radius 3 is 1.26 bits per heavy atom. The maximum atomic E-state index is 6.71. The zero-order chi connectivity index (χ0) is 27.0. The summed E-state index contributed by atoms with van der Waals surface area (Å²) in [7, 11) is 8.38. The third-order valence-electron chi connectivity index (χ3n) is 5.35. The van der Waals surface area contributed by atoms with E-state index in [0.29, 0.717) is 0 Å². The maximum absolute atomic E-state index is 6.71. The van der Waals surface area contributed by atoms with Gasteiger partial charge in [0.25, 0.3) is 0 Å². The van der Waals surface area contributed by atoms with Crippen molar-refractivity contribution in [2.45, 2.75) is 82.8 Å². The van der Waals surface area contributed by atoms with Crippen LogP contribution in [0, 0.1) is 0 Å². The molecule has 4 nitrogen and oxygen atoms in total. The molecule has 0 saturated carbocycles. The molecule has 0 fully saturated rings. The van der Waals surface area contributed by atoms with Crippen molar-refractivity contribution in [3.8, 4) is 11.5 Å². The Morgan fingerprint density at radius 1 is 0.686 bits per heavy atom. The van der Waals surface area contributed by atoms with Gasteiger partial charge >= 0.3 is 41.6 Å². The molecule has 6 heteroatoms. The van der Waals surface area contributed by atoms with Gasteiger partial charge in [0.2, 0.25) is 0 Å². The van der Waals surface area contributed by atoms with Crippen molar-refractivity contribution in [2.75, 3.05) is 28.2 Å². The molecule has 0 heterocycles. The molecule has 0 radical (unpaired) electrons. The van der Waals surface area contributed by atoms with Gasteiger partial charge in [0.05, 0.1) is 11.5 Å². The normalized spacial score (nSPS) is 11.6. The predicted molar refractivity (Wildman–Crippen MR) is 155 cm³/mol. The zero-order valence-electron chi connectivity index (χ0n) is 24.7. The molecule has 2 rings (SSSR count). The molecule has 0 unspecified atom stereocenters. The van der Waals surface area contributed by atoms with Crippen molar-refractivity contribution in [2.24, 2.45) is 0 Å². The van der Waals surface area contributed by atoms with Crippen molar-refractivity contribution >= 4 is 30.0 Å². The Balaban J connectivity index is 0.00000194. The van der Waals surface area contributed by atoms with Gasteiger partial charge in [0, 0.05) is 24.2 Å². The van der Waals surface area contributed by atoms with E-state index >= 15 is 0 Å². The van der Waals surface area contributed by atoms with Crippen molar-refractivity contribution in [3.05, 3.63) is 58.7 Å². The first-order valence-corrected chi connectivity index (χ1v) is 17.1. The van der Waals surface area contributed by atoms with Crippen LogP contribution in [0.2, 0.25) is 17.4 Å². The van der Waals surface area contributed by atoms with E-state index in [2.05, 4.69) is 133 Å². The standard InChI is InChI=1S/2C13H21NO.3CH3.2Al/c2*1-13(2,3)11-8-6-7-10(12(11)15)9-14(4)5;;;;;/h2*6-8,15H,9H2,1-5H3;3*1H3;;/q;;;;;+1;+2/p-2. The van der Waals surface area contributed by atoms with Crippen molar-refractivity contribution in [1.29, 1.82) is 0 Å². The summed E-state index contributed by atoms with van der Waals surface area (Å²) in [6.07, 6.45) is 0. The molecule has 2 aromatic rings. The monoisotopic (exact) mass is 511 g/mol. The summed E-state index contributed by atoms with van der Waals surface area (Å²) < 4.78 is 13.4. The molecule has 192 valence electrons. The molecule has 35 heavy (non-hydrogen) atoms. The van der Waals surface area contributed by atoms with Gasteiger partial charge in [0.15, 0.2) is 0 Å². The molecule has 0 spiro atoms. The van der Waals surface area contributed by atoms with Crippen LogP contribution >= 0.6 is 0 Å². The molecule has 0 aliphatic carbocycles. The summed E-state index contributed by atoms with van der Waals surface area (Å²) in [6, 6.07) is 13.0. The molecule has 0 amide bonds. The van der Waals surface area contributed by atoms with Crippen molar-refractivity contribution in [3.63, 3.8) is 0 Å². The number of hydrogen-bond acceptors (Lipinski definition) is 4. The fourth-order valence-corrected chi connectivity index (χ4v) is 5.18. The first kappa shape index (κ1) is 32.1. The number of hydrogen-bond donors (Lipinski definition) is 0. The minimum atomic E-state index is -2.04. The summed E-state index contributed by atoms with van der Waals surface area (Å²) >= 11 is -1.29. The third-order valence-corrected chi connectivity index (χ3v) is 6.49. The second-order valence-electron chi connectivity index (χ2n) is 11.9. The second-order valence-corrected chi connectivity index (χ2v) is 14.7. The number of para-hydroxylation sites is 2. The summed E-state index contributed by atoms with van der Waals surface area (Å²) in [6.45, 7) is 15.1. The van der Waals surface area contributed by atoms with E-state index in [4.69, 9.17) is 7.58 Å². The van der Waals surface area contributed by atoms with Crippen LogP contribution in [0.4, 0.5) is 0 Å². The quantitative estimate of drug-likeness (QED) is 0.365. The molecule has 0 N–H and O–H groups in total. The summed E-state index contributed by atoms with van der Waals surface area (Å²) in [5, 5.41) is 0. The van der Waals surface area contributed by atoms with Crippen LogP contribution in [0.5, 0.6) is 11.5 Å². The number of benzene rings is 2. The zero-order valence-corrected chi connectivity index (χ0v) is 27.1. The van der Waals surface area contributed by atoms with Crippen molar-refractivity contribution < 1.29 is 7.58 Å². The molecule has 0 saturated heterocycles. The molecule has 0 atom stereocenters. The van der Waals surface area contributed by atoms with Gasteiger partial charge < -0.3 is 17.4 Å². The van der Waals surface area contributed by atoms with E-state index in [0.717, 1.165) is 39.8 Å². The van der Waals surface area contributed by atoms with E-state index in [1.807, 2.05) is 0 Å². The Kier molecular flexibility index (Phi) is 12.9. The topological polar surface area (TPSA) is 24.9 Å². The van der Waals surface area contributed by atoms with E-state index in [9.17, 15) is 0 Å². The summed E-state index contributed by atoms with van der Waals surface area (Å²) in [4.78, 5) is 4.37. The second kappa shape index (κ2) is 14.1. The van der Waals surface area contributed by atoms with Gasteiger partial charge in [-0.05, 0) is 55.9 Å². The van der Waals surface area contributed by atoms with Crippen LogP contribution < -0.4 is 7.58 Å². The van der Waals surface area contributed by atoms with E-state index in [1.54, 1.807) is 0 Å². The average molecular weight is 512 g/mol. The van der Waals surface area contributed by atoms with Gasteiger partial charge in [-0.2, -0.15) is 0 Å². The fraction of sp³-hybridized carbons (Fsp3) is 0.586. The van der Waals surface area contributed by atoms with E-state index < -0.39 is 14.8 Å². The van der Waals surface area contributed by atoms with Crippen molar-refractivity contribution in [1.82, 2.24) is 9.80 Å². The Bertz CT molecular complexity index is 842. The molecule has 0 aromatic heterocycles. The molecular weight excluding hydrogens is 462 g/mol. The van der Waals surface area contributed by atoms with Crippen LogP contribution in [0.3, 0.4) is 0 Å². The molecular formula is C29H49Al2N2O2+. The summed E-state index contributed by atoms with van der Waals surface area (Å²) in [5.74, 6) is 8.54. The van der Waals surface area contributed by atoms with Crippen LogP contribution in [0.25, 0.3) is 0 Å². The van der Waals surface area contributed by atoms with Gasteiger partial charge in [-0.1, -0.05) is 77.9 Å². The Labute approximate surface area is 227 Å². The van der Waals surface area contributed by atoms with Crippen LogP contribution in [0.15, 0.2) is 36.4 Å². The number of rotatable bonds is 8. The van der Waals surface area contributed by atoms with Crippen LogP contribution in [-0.4, -0.2) is 68.0 Å².